The van der Waals surface area contributed by atoms with Gasteiger partial charge in [-0.2, -0.15) is 26.3 Å². The van der Waals surface area contributed by atoms with E-state index >= 15 is 0 Å². The summed E-state index contributed by atoms with van der Waals surface area (Å²) in [7, 11) is 0. The Labute approximate surface area is 196 Å². The zero-order chi connectivity index (χ0) is 26.9. The lowest BCUT2D eigenvalue weighted by molar-refractivity contribution is -0.193. The monoisotopic (exact) mass is 513 g/mol. The lowest BCUT2D eigenvalue weighted by Crippen LogP contribution is -2.56. The molecule has 3 heterocycles. The van der Waals surface area contributed by atoms with Gasteiger partial charge in [-0.3, -0.25) is 14.7 Å². The highest BCUT2D eigenvalue weighted by Gasteiger charge is 2.44. The SMILES string of the molecule is C=CCN1CCCC12CCCN(C(=O)c1ccncc1)C2.O=C(O)C(F)(F)F.O=C(O)C(F)(F)F. The number of carboxylic acid groups (broad SMARTS) is 2. The highest BCUT2D eigenvalue weighted by molar-refractivity contribution is 5.94. The Kier molecular flexibility index (Phi) is 10.7. The summed E-state index contributed by atoms with van der Waals surface area (Å²) < 4.78 is 63.5. The number of carboxylic acids is 2. The molecule has 1 aromatic heterocycles. The number of nitrogens with zero attached hydrogens (tertiary/aromatic N) is 3. The van der Waals surface area contributed by atoms with Crippen LogP contribution in [0.2, 0.25) is 0 Å². The highest BCUT2D eigenvalue weighted by atomic mass is 19.4. The van der Waals surface area contributed by atoms with Crippen LogP contribution in [0.4, 0.5) is 26.3 Å². The molecule has 2 saturated heterocycles. The van der Waals surface area contributed by atoms with Crippen LogP contribution in [0.3, 0.4) is 0 Å². The maximum absolute atomic E-state index is 12.7. The molecule has 35 heavy (non-hydrogen) atoms. The van der Waals surface area contributed by atoms with E-state index in [-0.39, 0.29) is 11.4 Å². The van der Waals surface area contributed by atoms with Crippen LogP contribution in [-0.4, -0.2) is 86.9 Å². The van der Waals surface area contributed by atoms with Gasteiger partial charge in [-0.25, -0.2) is 9.59 Å². The summed E-state index contributed by atoms with van der Waals surface area (Å²) >= 11 is 0. The number of amides is 1. The van der Waals surface area contributed by atoms with Crippen molar-refractivity contribution in [2.45, 2.75) is 43.6 Å². The predicted octanol–water partition coefficient (Wildman–Crippen LogP) is 3.60. The van der Waals surface area contributed by atoms with Crippen LogP contribution in [0.5, 0.6) is 0 Å². The number of pyridine rings is 1. The molecule has 2 N–H and O–H groups in total. The summed E-state index contributed by atoms with van der Waals surface area (Å²) in [6.45, 7) is 7.65. The largest absolute Gasteiger partial charge is 0.490 e. The van der Waals surface area contributed by atoms with E-state index in [4.69, 9.17) is 19.8 Å². The first-order valence-electron chi connectivity index (χ1n) is 10.3. The van der Waals surface area contributed by atoms with Crippen molar-refractivity contribution < 1.29 is 50.9 Å². The third kappa shape index (κ3) is 9.19. The zero-order valence-electron chi connectivity index (χ0n) is 18.5. The molecule has 0 aromatic carbocycles. The van der Waals surface area contributed by atoms with Gasteiger partial charge in [0, 0.05) is 43.1 Å². The Hall–Kier alpha value is -3.16. The number of likely N-dealkylation sites (tertiary alicyclic amines) is 2. The third-order valence-corrected chi connectivity index (χ3v) is 5.35. The number of aliphatic carboxylic acids is 2. The van der Waals surface area contributed by atoms with Gasteiger partial charge in [-0.15, -0.1) is 6.58 Å². The van der Waals surface area contributed by atoms with E-state index in [9.17, 15) is 31.1 Å². The molecule has 8 nitrogen and oxygen atoms in total. The second-order valence-electron chi connectivity index (χ2n) is 7.73. The minimum Gasteiger partial charge on any atom is -0.475 e. The van der Waals surface area contributed by atoms with Gasteiger partial charge in [-0.1, -0.05) is 6.08 Å². The molecule has 196 valence electrons. The fraction of sp³-hybridized carbons (Fsp3) is 0.524. The molecule has 1 amide bonds. The minimum atomic E-state index is -5.08. The Morgan fingerprint density at radius 3 is 1.86 bits per heavy atom. The van der Waals surface area contributed by atoms with Gasteiger partial charge in [0.25, 0.3) is 5.91 Å². The van der Waals surface area contributed by atoms with Crippen LogP contribution in [0.25, 0.3) is 0 Å². The Morgan fingerprint density at radius 1 is 0.971 bits per heavy atom. The third-order valence-electron chi connectivity index (χ3n) is 5.35. The molecule has 1 spiro atoms. The number of hydrogen-bond acceptors (Lipinski definition) is 5. The number of carbonyl (C=O) groups excluding carboxylic acids is 1. The fourth-order valence-corrected chi connectivity index (χ4v) is 3.86. The second-order valence-corrected chi connectivity index (χ2v) is 7.73. The van der Waals surface area contributed by atoms with Gasteiger partial charge in [0.2, 0.25) is 0 Å². The van der Waals surface area contributed by atoms with Gasteiger partial charge in [-0.05, 0) is 44.4 Å². The Morgan fingerprint density at radius 2 is 1.43 bits per heavy atom. The van der Waals surface area contributed by atoms with Crippen LogP contribution in [0, 0.1) is 0 Å². The number of piperidine rings is 1. The number of aromatic nitrogens is 1. The Bertz CT molecular complexity index is 854. The summed E-state index contributed by atoms with van der Waals surface area (Å²) in [5.41, 5.74) is 0.921. The number of alkyl halides is 6. The molecular formula is C21H25F6N3O5. The van der Waals surface area contributed by atoms with Crippen molar-refractivity contribution in [1.82, 2.24) is 14.8 Å². The van der Waals surface area contributed by atoms with Gasteiger partial charge in [0.05, 0.1) is 0 Å². The van der Waals surface area contributed by atoms with Crippen molar-refractivity contribution in [3.05, 3.63) is 42.7 Å². The van der Waals surface area contributed by atoms with Crippen LogP contribution in [0.1, 0.15) is 36.0 Å². The topological polar surface area (TPSA) is 111 Å². The van der Waals surface area contributed by atoms with Gasteiger partial charge >= 0.3 is 24.3 Å². The van der Waals surface area contributed by atoms with E-state index in [0.717, 1.165) is 38.2 Å². The molecule has 0 radical (unpaired) electrons. The lowest BCUT2D eigenvalue weighted by Gasteiger charge is -2.45. The van der Waals surface area contributed by atoms with Crippen LogP contribution >= 0.6 is 0 Å². The molecule has 2 aliphatic heterocycles. The molecule has 0 aliphatic carbocycles. The number of halogens is 6. The van der Waals surface area contributed by atoms with E-state index in [1.165, 1.54) is 19.3 Å². The molecule has 0 saturated carbocycles. The van der Waals surface area contributed by atoms with E-state index in [1.54, 1.807) is 24.5 Å². The van der Waals surface area contributed by atoms with Crippen molar-refractivity contribution in [2.24, 2.45) is 0 Å². The van der Waals surface area contributed by atoms with E-state index in [2.05, 4.69) is 16.5 Å². The lowest BCUT2D eigenvalue weighted by atomic mass is 9.86. The van der Waals surface area contributed by atoms with E-state index in [1.807, 2.05) is 11.0 Å². The fourth-order valence-electron chi connectivity index (χ4n) is 3.86. The van der Waals surface area contributed by atoms with Crippen LogP contribution in [-0.2, 0) is 9.59 Å². The summed E-state index contributed by atoms with van der Waals surface area (Å²) in [4.78, 5) is 39.0. The molecule has 1 unspecified atom stereocenters. The molecule has 0 bridgehead atoms. The van der Waals surface area contributed by atoms with Crippen LogP contribution < -0.4 is 0 Å². The maximum Gasteiger partial charge on any atom is 0.490 e. The van der Waals surface area contributed by atoms with Gasteiger partial charge in [0.1, 0.15) is 0 Å². The van der Waals surface area contributed by atoms with Crippen molar-refractivity contribution in [1.29, 1.82) is 0 Å². The normalized spacial score (nSPS) is 20.2. The second kappa shape index (κ2) is 12.5. The average molecular weight is 513 g/mol. The Balaban J connectivity index is 0.000000362. The van der Waals surface area contributed by atoms with Gasteiger partial charge in [0.15, 0.2) is 0 Å². The first kappa shape index (κ1) is 29.9. The summed E-state index contributed by atoms with van der Waals surface area (Å²) in [6.07, 6.45) is -0.104. The standard InChI is InChI=1S/C17H23N3O.2C2HF3O2/c1-2-11-20-13-4-8-17(20)7-3-12-19(14-17)16(21)15-5-9-18-10-6-15;2*3-2(4,5)1(6)7/h2,5-6,9-10H,1,3-4,7-8,11-14H2;2*(H,6,7). The van der Waals surface area contributed by atoms with Crippen molar-refractivity contribution in [2.75, 3.05) is 26.2 Å². The van der Waals surface area contributed by atoms with Crippen molar-refractivity contribution >= 4 is 17.8 Å². The summed E-state index contributed by atoms with van der Waals surface area (Å²) in [6, 6.07) is 3.61. The van der Waals surface area contributed by atoms with Gasteiger partial charge < -0.3 is 15.1 Å². The molecule has 14 heteroatoms. The zero-order valence-corrected chi connectivity index (χ0v) is 18.5. The summed E-state index contributed by atoms with van der Waals surface area (Å²) in [5.74, 6) is -5.37. The molecule has 1 atom stereocenters. The van der Waals surface area contributed by atoms with Crippen molar-refractivity contribution in [3.63, 3.8) is 0 Å². The highest BCUT2D eigenvalue weighted by Crippen LogP contribution is 2.37. The van der Waals surface area contributed by atoms with E-state index in [0.29, 0.717) is 0 Å². The first-order valence-corrected chi connectivity index (χ1v) is 10.3. The average Bonchev–Trinajstić information content (AvgIpc) is 3.14. The quantitative estimate of drug-likeness (QED) is 0.469. The smallest absolute Gasteiger partial charge is 0.475 e. The summed E-state index contributed by atoms with van der Waals surface area (Å²) in [5, 5.41) is 14.2. The first-order chi connectivity index (χ1) is 16.1. The molecule has 1 aromatic rings. The number of rotatable bonds is 3. The molecule has 2 fully saturated rings. The molecular weight excluding hydrogens is 488 g/mol. The predicted molar refractivity (Wildman–Crippen MR) is 110 cm³/mol. The van der Waals surface area contributed by atoms with Crippen molar-refractivity contribution in [3.8, 4) is 0 Å². The maximum atomic E-state index is 12.7. The minimum absolute atomic E-state index is 0.141. The molecule has 2 aliphatic rings. The van der Waals surface area contributed by atoms with Crippen LogP contribution in [0.15, 0.2) is 37.2 Å². The molecule has 3 rings (SSSR count). The number of hydrogen-bond donors (Lipinski definition) is 2. The number of carbonyl (C=O) groups is 3. The van der Waals surface area contributed by atoms with E-state index < -0.39 is 24.3 Å².